The minimum atomic E-state index is -0.504. The summed E-state index contributed by atoms with van der Waals surface area (Å²) in [5.74, 6) is 0. The standard InChI is InChI=1S/C55H39N3/c56-50-30-15-13-28-45(50)54(39-19-4-1-5-20-39)57-36-37-17-16-25-42(33-37)58-51-32-31-38-18-10-11-26-43(38)53(51)47-34-46-44-27-12-14-29-48(44)55(49(46)35-52(47)58,40-21-6-2-7-22-40)41-23-8-3-9-24-41/h1-35H,36,56H2. The number of nitrogen functional groups attached to an aromatic ring is 1. The van der Waals surface area contributed by atoms with E-state index in [1.807, 2.05) is 24.3 Å². The number of hydrogen-bond acceptors (Lipinski definition) is 2. The molecule has 1 heterocycles. The molecule has 1 aromatic heterocycles. The highest BCUT2D eigenvalue weighted by atomic mass is 15.0. The van der Waals surface area contributed by atoms with Gasteiger partial charge in [0.25, 0.3) is 0 Å². The minimum Gasteiger partial charge on any atom is -0.398 e. The summed E-state index contributed by atoms with van der Waals surface area (Å²) in [6, 6.07) is 76.7. The van der Waals surface area contributed by atoms with Crippen LogP contribution in [-0.4, -0.2) is 10.3 Å². The van der Waals surface area contributed by atoms with Crippen molar-refractivity contribution in [1.29, 1.82) is 0 Å². The number of nitrogens with two attached hydrogens (primary N) is 1. The second kappa shape index (κ2) is 13.6. The number of rotatable bonds is 7. The molecule has 0 atom stereocenters. The molecular formula is C55H39N3. The SMILES string of the molecule is Nc1ccccc1C(=NCc1cccc(-n2c3cc4c(cc3c3c5ccccc5ccc32)-c2ccccc2C4(c2ccccc2)c2ccccc2)c1)c1ccccc1. The van der Waals surface area contributed by atoms with E-state index in [2.05, 4.69) is 193 Å². The lowest BCUT2D eigenvalue weighted by Gasteiger charge is -2.34. The molecule has 0 saturated carbocycles. The van der Waals surface area contributed by atoms with Crippen molar-refractivity contribution >= 4 is 44.0 Å². The maximum Gasteiger partial charge on any atom is 0.0743 e. The first-order valence-electron chi connectivity index (χ1n) is 20.0. The molecule has 0 bridgehead atoms. The zero-order valence-electron chi connectivity index (χ0n) is 31.9. The Kier molecular flexibility index (Phi) is 7.94. The molecule has 0 spiro atoms. The molecule has 11 rings (SSSR count). The van der Waals surface area contributed by atoms with Gasteiger partial charge in [-0.1, -0.05) is 176 Å². The third kappa shape index (κ3) is 5.17. The Labute approximate surface area is 338 Å². The lowest BCUT2D eigenvalue weighted by atomic mass is 9.67. The van der Waals surface area contributed by atoms with Crippen LogP contribution in [0.2, 0.25) is 0 Å². The molecule has 274 valence electrons. The van der Waals surface area contributed by atoms with Crippen LogP contribution in [0.3, 0.4) is 0 Å². The first kappa shape index (κ1) is 33.8. The van der Waals surface area contributed by atoms with Crippen molar-refractivity contribution in [3.8, 4) is 16.8 Å². The summed E-state index contributed by atoms with van der Waals surface area (Å²) in [5, 5.41) is 4.99. The van der Waals surface area contributed by atoms with Gasteiger partial charge in [0.05, 0.1) is 28.7 Å². The Bertz CT molecular complexity index is 3160. The highest BCUT2D eigenvalue weighted by Gasteiger charge is 2.46. The Hall–Kier alpha value is -7.49. The summed E-state index contributed by atoms with van der Waals surface area (Å²) in [6.07, 6.45) is 0. The summed E-state index contributed by atoms with van der Waals surface area (Å²) in [7, 11) is 0. The van der Waals surface area contributed by atoms with E-state index in [9.17, 15) is 0 Å². The molecule has 0 radical (unpaired) electrons. The fraction of sp³-hybridized carbons (Fsp3) is 0.0364. The van der Waals surface area contributed by atoms with Crippen LogP contribution in [0.1, 0.15) is 38.9 Å². The molecule has 58 heavy (non-hydrogen) atoms. The van der Waals surface area contributed by atoms with E-state index >= 15 is 0 Å². The molecule has 0 fully saturated rings. The van der Waals surface area contributed by atoms with Gasteiger partial charge in [0.2, 0.25) is 0 Å². The van der Waals surface area contributed by atoms with Gasteiger partial charge in [0, 0.05) is 33.3 Å². The van der Waals surface area contributed by atoms with Gasteiger partial charge in [-0.25, -0.2) is 0 Å². The molecule has 1 aliphatic rings. The lowest BCUT2D eigenvalue weighted by Crippen LogP contribution is -2.28. The molecule has 10 aromatic rings. The number of anilines is 1. The number of para-hydroxylation sites is 1. The van der Waals surface area contributed by atoms with Crippen molar-refractivity contribution in [2.75, 3.05) is 5.73 Å². The van der Waals surface area contributed by atoms with Gasteiger partial charge in [0.15, 0.2) is 0 Å². The predicted molar refractivity (Wildman–Crippen MR) is 242 cm³/mol. The van der Waals surface area contributed by atoms with Crippen molar-refractivity contribution in [3.63, 3.8) is 0 Å². The van der Waals surface area contributed by atoms with E-state index in [1.54, 1.807) is 0 Å². The Morgan fingerprint density at radius 3 is 1.95 bits per heavy atom. The highest BCUT2D eigenvalue weighted by molar-refractivity contribution is 6.22. The maximum absolute atomic E-state index is 6.54. The van der Waals surface area contributed by atoms with Crippen molar-refractivity contribution in [2.45, 2.75) is 12.0 Å². The van der Waals surface area contributed by atoms with Crippen LogP contribution < -0.4 is 5.73 Å². The van der Waals surface area contributed by atoms with Gasteiger partial charge in [-0.2, -0.15) is 0 Å². The molecule has 0 aliphatic heterocycles. The number of nitrogens with zero attached hydrogens (tertiary/aromatic N) is 2. The first-order valence-corrected chi connectivity index (χ1v) is 20.0. The molecular weight excluding hydrogens is 703 g/mol. The zero-order chi connectivity index (χ0) is 38.6. The average molecular weight is 742 g/mol. The zero-order valence-corrected chi connectivity index (χ0v) is 31.9. The molecule has 0 unspecified atom stereocenters. The quantitative estimate of drug-likeness (QED) is 0.128. The van der Waals surface area contributed by atoms with E-state index in [4.69, 9.17) is 10.7 Å². The molecule has 1 aliphatic carbocycles. The predicted octanol–water partition coefficient (Wildman–Crippen LogP) is 12.9. The first-order chi connectivity index (χ1) is 28.7. The summed E-state index contributed by atoms with van der Waals surface area (Å²) < 4.78 is 2.47. The normalized spacial score (nSPS) is 13.2. The Balaban J connectivity index is 1.17. The van der Waals surface area contributed by atoms with E-state index in [-0.39, 0.29) is 0 Å². The van der Waals surface area contributed by atoms with E-state index in [0.29, 0.717) is 12.2 Å². The fourth-order valence-electron chi connectivity index (χ4n) is 9.60. The van der Waals surface area contributed by atoms with Crippen LogP contribution in [0.15, 0.2) is 217 Å². The van der Waals surface area contributed by atoms with Crippen molar-refractivity contribution in [2.24, 2.45) is 4.99 Å². The molecule has 3 nitrogen and oxygen atoms in total. The van der Waals surface area contributed by atoms with Crippen LogP contribution in [-0.2, 0) is 12.0 Å². The molecule has 9 aromatic carbocycles. The van der Waals surface area contributed by atoms with Gasteiger partial charge in [-0.05, 0) is 86.1 Å². The summed E-state index contributed by atoms with van der Waals surface area (Å²) in [4.78, 5) is 5.27. The molecule has 2 N–H and O–H groups in total. The second-order valence-corrected chi connectivity index (χ2v) is 15.2. The average Bonchev–Trinajstić information content (AvgIpc) is 3.77. The third-order valence-corrected chi connectivity index (χ3v) is 12.1. The summed E-state index contributed by atoms with van der Waals surface area (Å²) >= 11 is 0. The van der Waals surface area contributed by atoms with Crippen LogP contribution >= 0.6 is 0 Å². The lowest BCUT2D eigenvalue weighted by molar-refractivity contribution is 0.769. The molecule has 0 amide bonds. The van der Waals surface area contributed by atoms with Crippen LogP contribution in [0.4, 0.5) is 5.69 Å². The van der Waals surface area contributed by atoms with Gasteiger partial charge in [-0.3, -0.25) is 4.99 Å². The summed E-state index contributed by atoms with van der Waals surface area (Å²) in [5.41, 5.74) is 21.9. The Morgan fingerprint density at radius 2 is 1.17 bits per heavy atom. The maximum atomic E-state index is 6.54. The van der Waals surface area contributed by atoms with E-state index in [1.165, 1.54) is 66.0 Å². The van der Waals surface area contributed by atoms with Crippen molar-refractivity contribution < 1.29 is 0 Å². The fourth-order valence-corrected chi connectivity index (χ4v) is 9.60. The number of benzene rings is 9. The number of aliphatic imine (C=N–C) groups is 1. The third-order valence-electron chi connectivity index (χ3n) is 12.1. The van der Waals surface area contributed by atoms with Gasteiger partial charge >= 0.3 is 0 Å². The minimum absolute atomic E-state index is 0.502. The molecule has 3 heteroatoms. The topological polar surface area (TPSA) is 43.3 Å². The molecule has 0 saturated heterocycles. The largest absolute Gasteiger partial charge is 0.398 e. The van der Waals surface area contributed by atoms with Crippen LogP contribution in [0.5, 0.6) is 0 Å². The second-order valence-electron chi connectivity index (χ2n) is 15.2. The Morgan fingerprint density at radius 1 is 0.500 bits per heavy atom. The number of aromatic nitrogens is 1. The highest BCUT2D eigenvalue weighted by Crippen LogP contribution is 2.57. The van der Waals surface area contributed by atoms with Crippen molar-refractivity contribution in [1.82, 2.24) is 4.57 Å². The monoisotopic (exact) mass is 741 g/mol. The number of fused-ring (bicyclic) bond motifs is 8. The van der Waals surface area contributed by atoms with E-state index in [0.717, 1.165) is 28.1 Å². The van der Waals surface area contributed by atoms with Gasteiger partial charge in [0.1, 0.15) is 0 Å². The van der Waals surface area contributed by atoms with E-state index < -0.39 is 5.41 Å². The van der Waals surface area contributed by atoms with Crippen LogP contribution in [0.25, 0.3) is 49.4 Å². The summed E-state index contributed by atoms with van der Waals surface area (Å²) in [6.45, 7) is 0.502. The van der Waals surface area contributed by atoms with Gasteiger partial charge in [-0.15, -0.1) is 0 Å². The van der Waals surface area contributed by atoms with Crippen LogP contribution in [0, 0.1) is 0 Å². The van der Waals surface area contributed by atoms with Crippen molar-refractivity contribution in [3.05, 3.63) is 251 Å². The number of hydrogen-bond donors (Lipinski definition) is 1. The van der Waals surface area contributed by atoms with Gasteiger partial charge < -0.3 is 10.3 Å². The smallest absolute Gasteiger partial charge is 0.0743 e.